The average Bonchev–Trinajstić information content (AvgIpc) is 2.96. The third-order valence-corrected chi connectivity index (χ3v) is 2.49. The number of hydrogen-bond donors (Lipinski definition) is 2. The van der Waals surface area contributed by atoms with E-state index in [1.807, 2.05) is 0 Å². The summed E-state index contributed by atoms with van der Waals surface area (Å²) in [5, 5.41) is 2.77. The van der Waals surface area contributed by atoms with Crippen LogP contribution in [0.15, 0.2) is 47.1 Å². The van der Waals surface area contributed by atoms with Gasteiger partial charge < -0.3 is 20.2 Å². The van der Waals surface area contributed by atoms with E-state index in [9.17, 15) is 4.79 Å². The van der Waals surface area contributed by atoms with E-state index in [2.05, 4.69) is 5.32 Å². The Morgan fingerprint density at radius 2 is 2.21 bits per heavy atom. The number of furan rings is 1. The summed E-state index contributed by atoms with van der Waals surface area (Å²) >= 11 is 0. The van der Waals surface area contributed by atoms with E-state index in [4.69, 9.17) is 14.9 Å². The van der Waals surface area contributed by atoms with Gasteiger partial charge in [0.05, 0.1) is 12.8 Å². The van der Waals surface area contributed by atoms with Crippen molar-refractivity contribution >= 4 is 5.91 Å². The van der Waals surface area contributed by atoms with E-state index in [1.54, 1.807) is 42.7 Å². The molecule has 1 amide bonds. The molecule has 0 unspecified atom stereocenters. The van der Waals surface area contributed by atoms with E-state index in [0.717, 1.165) is 0 Å². The van der Waals surface area contributed by atoms with Gasteiger partial charge in [0.2, 0.25) is 0 Å². The molecule has 1 heterocycles. The van der Waals surface area contributed by atoms with Gasteiger partial charge in [-0.2, -0.15) is 0 Å². The van der Waals surface area contributed by atoms with Crippen LogP contribution in [0.2, 0.25) is 0 Å². The first-order valence-corrected chi connectivity index (χ1v) is 6.03. The molecule has 100 valence electrons. The van der Waals surface area contributed by atoms with Crippen LogP contribution in [0.5, 0.6) is 5.75 Å². The van der Waals surface area contributed by atoms with Gasteiger partial charge in [-0.05, 0) is 30.3 Å². The van der Waals surface area contributed by atoms with E-state index < -0.39 is 0 Å². The first-order valence-electron chi connectivity index (χ1n) is 6.03. The lowest BCUT2D eigenvalue weighted by atomic mass is 10.2. The fraction of sp³-hybridized carbons (Fsp3) is 0.214. The molecule has 0 saturated heterocycles. The quantitative estimate of drug-likeness (QED) is 0.826. The molecule has 0 aliphatic rings. The number of amides is 1. The lowest BCUT2D eigenvalue weighted by Crippen LogP contribution is -2.22. The number of benzene rings is 1. The molecule has 19 heavy (non-hydrogen) atoms. The molecule has 0 radical (unpaired) electrons. The number of rotatable bonds is 6. The van der Waals surface area contributed by atoms with Crippen LogP contribution < -0.4 is 15.8 Å². The third-order valence-electron chi connectivity index (χ3n) is 2.49. The van der Waals surface area contributed by atoms with Gasteiger partial charge in [-0.15, -0.1) is 0 Å². The molecular formula is C14H16N2O3. The maximum absolute atomic E-state index is 11.9. The molecule has 5 heteroatoms. The highest BCUT2D eigenvalue weighted by Crippen LogP contribution is 2.13. The number of carbonyl (C=O) groups excluding carboxylic acids is 1. The summed E-state index contributed by atoms with van der Waals surface area (Å²) < 4.78 is 10.5. The first-order chi connectivity index (χ1) is 9.29. The van der Waals surface area contributed by atoms with E-state index in [-0.39, 0.29) is 5.91 Å². The zero-order chi connectivity index (χ0) is 13.5. The Kier molecular flexibility index (Phi) is 4.58. The molecule has 0 aliphatic heterocycles. The first kappa shape index (κ1) is 13.2. The highest BCUT2D eigenvalue weighted by Gasteiger charge is 2.07. The maximum Gasteiger partial charge on any atom is 0.251 e. The molecule has 1 aromatic carbocycles. The van der Waals surface area contributed by atoms with Crippen LogP contribution >= 0.6 is 0 Å². The van der Waals surface area contributed by atoms with Crippen molar-refractivity contribution in [3.63, 3.8) is 0 Å². The van der Waals surface area contributed by atoms with E-state index in [0.29, 0.717) is 36.8 Å². The van der Waals surface area contributed by atoms with Gasteiger partial charge in [0, 0.05) is 12.1 Å². The number of carbonyl (C=O) groups is 1. The summed E-state index contributed by atoms with van der Waals surface area (Å²) in [7, 11) is 0. The zero-order valence-corrected chi connectivity index (χ0v) is 10.5. The second-order valence-electron chi connectivity index (χ2n) is 3.93. The SMILES string of the molecule is NCCOc1cccc(C(=O)NCc2ccco2)c1. The van der Waals surface area contributed by atoms with Crippen molar-refractivity contribution < 1.29 is 13.9 Å². The predicted molar refractivity (Wildman–Crippen MR) is 70.9 cm³/mol. The molecule has 2 aromatic rings. The van der Waals surface area contributed by atoms with Gasteiger partial charge in [-0.25, -0.2) is 0 Å². The molecule has 2 rings (SSSR count). The molecule has 0 fully saturated rings. The average molecular weight is 260 g/mol. The van der Waals surface area contributed by atoms with Gasteiger partial charge in [-0.3, -0.25) is 4.79 Å². The minimum atomic E-state index is -0.172. The molecular weight excluding hydrogens is 244 g/mol. The van der Waals surface area contributed by atoms with Gasteiger partial charge in [0.15, 0.2) is 0 Å². The number of nitrogens with one attached hydrogen (secondary N) is 1. The van der Waals surface area contributed by atoms with Gasteiger partial charge in [0.1, 0.15) is 18.1 Å². The smallest absolute Gasteiger partial charge is 0.251 e. The molecule has 3 N–H and O–H groups in total. The summed E-state index contributed by atoms with van der Waals surface area (Å²) in [5.41, 5.74) is 5.90. The summed E-state index contributed by atoms with van der Waals surface area (Å²) in [6.45, 7) is 1.23. The van der Waals surface area contributed by atoms with E-state index in [1.165, 1.54) is 0 Å². The highest BCUT2D eigenvalue weighted by molar-refractivity contribution is 5.94. The van der Waals surface area contributed by atoms with Crippen molar-refractivity contribution in [2.45, 2.75) is 6.54 Å². The van der Waals surface area contributed by atoms with Crippen molar-refractivity contribution in [3.8, 4) is 5.75 Å². The Labute approximate surface area is 111 Å². The summed E-state index contributed by atoms with van der Waals surface area (Å²) in [5.74, 6) is 1.18. The zero-order valence-electron chi connectivity index (χ0n) is 10.5. The van der Waals surface area contributed by atoms with Crippen LogP contribution in [0.1, 0.15) is 16.1 Å². The van der Waals surface area contributed by atoms with Crippen molar-refractivity contribution in [3.05, 3.63) is 54.0 Å². The van der Waals surface area contributed by atoms with Crippen LogP contribution in [-0.2, 0) is 6.54 Å². The van der Waals surface area contributed by atoms with Crippen LogP contribution in [-0.4, -0.2) is 19.1 Å². The Hall–Kier alpha value is -2.27. The Morgan fingerprint density at radius 3 is 2.95 bits per heavy atom. The Bertz CT molecular complexity index is 523. The molecule has 0 bridgehead atoms. The number of hydrogen-bond acceptors (Lipinski definition) is 4. The van der Waals surface area contributed by atoms with Crippen molar-refractivity contribution in [2.75, 3.05) is 13.2 Å². The summed E-state index contributed by atoms with van der Waals surface area (Å²) in [4.78, 5) is 11.9. The van der Waals surface area contributed by atoms with Crippen LogP contribution in [0.3, 0.4) is 0 Å². The lowest BCUT2D eigenvalue weighted by Gasteiger charge is -2.07. The number of nitrogens with two attached hydrogens (primary N) is 1. The monoisotopic (exact) mass is 260 g/mol. The normalized spacial score (nSPS) is 10.2. The lowest BCUT2D eigenvalue weighted by molar-refractivity contribution is 0.0947. The van der Waals surface area contributed by atoms with E-state index >= 15 is 0 Å². The second kappa shape index (κ2) is 6.61. The topological polar surface area (TPSA) is 77.5 Å². The molecule has 0 atom stereocenters. The fourth-order valence-corrected chi connectivity index (χ4v) is 1.59. The standard InChI is InChI=1S/C14H16N2O3/c15-6-8-19-12-4-1-3-11(9-12)14(17)16-10-13-5-2-7-18-13/h1-5,7,9H,6,8,10,15H2,(H,16,17). The van der Waals surface area contributed by atoms with Crippen LogP contribution in [0.25, 0.3) is 0 Å². The minimum absolute atomic E-state index is 0.172. The highest BCUT2D eigenvalue weighted by atomic mass is 16.5. The second-order valence-corrected chi connectivity index (χ2v) is 3.93. The minimum Gasteiger partial charge on any atom is -0.492 e. The van der Waals surface area contributed by atoms with Crippen LogP contribution in [0, 0.1) is 0 Å². The summed E-state index contributed by atoms with van der Waals surface area (Å²) in [6, 6.07) is 10.6. The van der Waals surface area contributed by atoms with Crippen molar-refractivity contribution in [2.24, 2.45) is 5.73 Å². The maximum atomic E-state index is 11.9. The molecule has 0 aliphatic carbocycles. The Morgan fingerprint density at radius 1 is 1.32 bits per heavy atom. The molecule has 0 saturated carbocycles. The number of ether oxygens (including phenoxy) is 1. The van der Waals surface area contributed by atoms with Crippen molar-refractivity contribution in [1.29, 1.82) is 0 Å². The van der Waals surface area contributed by atoms with Crippen molar-refractivity contribution in [1.82, 2.24) is 5.32 Å². The predicted octanol–water partition coefficient (Wildman–Crippen LogP) is 1.55. The molecule has 0 spiro atoms. The van der Waals surface area contributed by atoms with Crippen LogP contribution in [0.4, 0.5) is 0 Å². The van der Waals surface area contributed by atoms with Gasteiger partial charge in [0.25, 0.3) is 5.91 Å². The Balaban J connectivity index is 1.94. The molecule has 5 nitrogen and oxygen atoms in total. The van der Waals surface area contributed by atoms with Gasteiger partial charge >= 0.3 is 0 Å². The fourth-order valence-electron chi connectivity index (χ4n) is 1.59. The molecule has 1 aromatic heterocycles. The summed E-state index contributed by atoms with van der Waals surface area (Å²) in [6.07, 6.45) is 1.57. The van der Waals surface area contributed by atoms with Gasteiger partial charge in [-0.1, -0.05) is 6.07 Å². The third kappa shape index (κ3) is 3.86. The largest absolute Gasteiger partial charge is 0.492 e.